The molecule has 0 bridgehead atoms. The van der Waals surface area contributed by atoms with Crippen LogP contribution in [-0.4, -0.2) is 37.2 Å². The Kier molecular flexibility index (Phi) is 7.79. The summed E-state index contributed by atoms with van der Waals surface area (Å²) in [7, 11) is 2.71. The molecule has 2 rings (SSSR count). The Bertz CT molecular complexity index is 963. The van der Waals surface area contributed by atoms with Crippen LogP contribution in [0.1, 0.15) is 49.2 Å². The van der Waals surface area contributed by atoms with Crippen LogP contribution >= 0.6 is 0 Å². The van der Waals surface area contributed by atoms with Crippen molar-refractivity contribution in [2.24, 2.45) is 5.92 Å². The van der Waals surface area contributed by atoms with Crippen LogP contribution in [0.4, 0.5) is 4.39 Å². The summed E-state index contributed by atoms with van der Waals surface area (Å²) >= 11 is 0. The van der Waals surface area contributed by atoms with Crippen molar-refractivity contribution < 1.29 is 38.0 Å². The van der Waals surface area contributed by atoms with E-state index in [0.29, 0.717) is 11.3 Å². The Balaban J connectivity index is 2.08. The van der Waals surface area contributed by atoms with Crippen LogP contribution in [0.5, 0.6) is 17.2 Å². The van der Waals surface area contributed by atoms with Crippen molar-refractivity contribution in [2.45, 2.75) is 39.2 Å². The maximum absolute atomic E-state index is 13.4. The number of carbonyl (C=O) groups is 2. The molecule has 9 heteroatoms. The molecule has 0 radical (unpaired) electrons. The third-order valence-corrected chi connectivity index (χ3v) is 5.11. The zero-order valence-electron chi connectivity index (χ0n) is 18.0. The number of rotatable bonds is 9. The van der Waals surface area contributed by atoms with Crippen LogP contribution in [0, 0.1) is 16.9 Å². The van der Waals surface area contributed by atoms with E-state index in [9.17, 15) is 24.3 Å². The number of halogens is 1. The van der Waals surface area contributed by atoms with Gasteiger partial charge in [0, 0.05) is 30.0 Å². The molecule has 168 valence electrons. The third-order valence-electron chi connectivity index (χ3n) is 5.11. The fourth-order valence-electron chi connectivity index (χ4n) is 3.10. The summed E-state index contributed by atoms with van der Waals surface area (Å²) in [5, 5.41) is 22.0. The van der Waals surface area contributed by atoms with Gasteiger partial charge in [0.05, 0.1) is 20.1 Å². The van der Waals surface area contributed by atoms with Gasteiger partial charge in [0.25, 0.3) is 0 Å². The van der Waals surface area contributed by atoms with E-state index in [-0.39, 0.29) is 22.8 Å². The van der Waals surface area contributed by atoms with Crippen LogP contribution < -0.4 is 14.2 Å². The van der Waals surface area contributed by atoms with Crippen molar-refractivity contribution in [3.63, 3.8) is 0 Å². The quantitative estimate of drug-likeness (QED) is 0.279. The van der Waals surface area contributed by atoms with Crippen molar-refractivity contribution in [1.29, 1.82) is 0 Å². The number of hydrogen-bond acceptors (Lipinski definition) is 7. The molecule has 0 aliphatic heterocycles. The lowest BCUT2D eigenvalue weighted by Crippen LogP contribution is -2.35. The molecule has 0 amide bonds. The number of methoxy groups -OCH3 is 2. The van der Waals surface area contributed by atoms with E-state index in [1.165, 1.54) is 39.3 Å². The van der Waals surface area contributed by atoms with Crippen LogP contribution in [0.15, 0.2) is 30.5 Å². The first-order chi connectivity index (χ1) is 14.6. The Hall–Kier alpha value is -3.36. The number of esters is 1. The van der Waals surface area contributed by atoms with E-state index >= 15 is 0 Å². The fourth-order valence-corrected chi connectivity index (χ4v) is 3.10. The molecule has 0 aliphatic carbocycles. The standard InChI is InChI=1S/C22H26FNO7/c1-12(10-17(25)20-21(26)18(29-4)8-9-24(20)28)22(27)31-14(3)13(2)16-7-6-15(23)11-19(16)30-5/h6-9,11-14,26H,10H2,1-5H3/t12-,13+,14-/m1/s1. The Morgan fingerprint density at radius 2 is 1.77 bits per heavy atom. The number of Topliss-reactive ketones (excluding diaryl/α,β-unsaturated/α-hetero) is 1. The number of pyridine rings is 1. The number of aromatic nitrogens is 1. The van der Waals surface area contributed by atoms with Gasteiger partial charge in [-0.1, -0.05) is 19.9 Å². The second-order valence-electron chi connectivity index (χ2n) is 7.25. The van der Waals surface area contributed by atoms with Gasteiger partial charge in [-0.05, 0) is 13.0 Å². The van der Waals surface area contributed by atoms with Crippen molar-refractivity contribution in [1.82, 2.24) is 0 Å². The summed E-state index contributed by atoms with van der Waals surface area (Å²) in [6.45, 7) is 4.97. The Morgan fingerprint density at radius 3 is 2.39 bits per heavy atom. The van der Waals surface area contributed by atoms with Gasteiger partial charge in [0.2, 0.25) is 11.5 Å². The fraction of sp³-hybridized carbons (Fsp3) is 0.409. The lowest BCUT2D eigenvalue weighted by molar-refractivity contribution is -0.608. The van der Waals surface area contributed by atoms with E-state index in [2.05, 4.69) is 0 Å². The first kappa shape index (κ1) is 23.9. The number of ether oxygens (including phenoxy) is 3. The van der Waals surface area contributed by atoms with Crippen molar-refractivity contribution in [3.8, 4) is 17.2 Å². The zero-order valence-corrected chi connectivity index (χ0v) is 18.0. The minimum absolute atomic E-state index is 0.0265. The molecule has 31 heavy (non-hydrogen) atoms. The molecule has 0 unspecified atom stereocenters. The van der Waals surface area contributed by atoms with E-state index in [1.807, 2.05) is 0 Å². The van der Waals surface area contributed by atoms with E-state index in [4.69, 9.17) is 14.2 Å². The van der Waals surface area contributed by atoms with Crippen LogP contribution in [0.2, 0.25) is 0 Å². The normalized spacial score (nSPS) is 13.7. The molecule has 1 N–H and O–H groups in total. The average Bonchev–Trinajstić information content (AvgIpc) is 2.73. The smallest absolute Gasteiger partial charge is 0.309 e. The lowest BCUT2D eigenvalue weighted by atomic mass is 9.95. The maximum Gasteiger partial charge on any atom is 0.309 e. The Labute approximate surface area is 179 Å². The van der Waals surface area contributed by atoms with E-state index < -0.39 is 41.0 Å². The summed E-state index contributed by atoms with van der Waals surface area (Å²) in [6.07, 6.45) is 0.0938. The highest BCUT2D eigenvalue weighted by Gasteiger charge is 2.30. The van der Waals surface area contributed by atoms with Gasteiger partial charge in [-0.3, -0.25) is 9.59 Å². The van der Waals surface area contributed by atoms with Gasteiger partial charge < -0.3 is 24.5 Å². The van der Waals surface area contributed by atoms with Gasteiger partial charge >= 0.3 is 11.7 Å². The molecule has 1 aromatic carbocycles. The highest BCUT2D eigenvalue weighted by atomic mass is 19.1. The molecule has 0 saturated carbocycles. The molecule has 1 aromatic heterocycles. The monoisotopic (exact) mass is 435 g/mol. The number of hydrogen-bond donors (Lipinski definition) is 1. The number of aromatic hydroxyl groups is 1. The molecule has 0 fully saturated rings. The summed E-state index contributed by atoms with van der Waals surface area (Å²) in [4.78, 5) is 25.0. The second-order valence-corrected chi connectivity index (χ2v) is 7.25. The van der Waals surface area contributed by atoms with Gasteiger partial charge in [0.15, 0.2) is 11.9 Å². The topological polar surface area (TPSA) is 109 Å². The van der Waals surface area contributed by atoms with Gasteiger partial charge in [-0.2, -0.15) is 4.73 Å². The summed E-state index contributed by atoms with van der Waals surface area (Å²) in [5.74, 6) is -3.27. The third kappa shape index (κ3) is 5.42. The van der Waals surface area contributed by atoms with Crippen LogP contribution in [0.3, 0.4) is 0 Å². The zero-order chi connectivity index (χ0) is 23.3. The number of ketones is 1. The molecule has 1 heterocycles. The molecule has 0 spiro atoms. The SMILES string of the molecule is COc1cc(F)ccc1[C@@H](C)[C@@H](C)OC(=O)[C@H](C)CC(=O)c1c(O)c(OC)cc[n+]1[O-]. The molecule has 0 aliphatic rings. The number of nitrogens with zero attached hydrogens (tertiary/aromatic N) is 1. The molecule has 2 aromatic rings. The van der Waals surface area contributed by atoms with E-state index in [1.54, 1.807) is 19.9 Å². The number of benzene rings is 1. The first-order valence-corrected chi connectivity index (χ1v) is 9.66. The van der Waals surface area contributed by atoms with Crippen molar-refractivity contribution >= 4 is 11.8 Å². The maximum atomic E-state index is 13.4. The van der Waals surface area contributed by atoms with Gasteiger partial charge in [0.1, 0.15) is 17.7 Å². The molecular formula is C22H26FNO7. The first-order valence-electron chi connectivity index (χ1n) is 9.66. The molecular weight excluding hydrogens is 409 g/mol. The largest absolute Gasteiger partial charge is 0.618 e. The number of carbonyl (C=O) groups excluding carboxylic acids is 2. The predicted octanol–water partition coefficient (Wildman–Crippen LogP) is 3.13. The van der Waals surface area contributed by atoms with Crippen molar-refractivity contribution in [2.75, 3.05) is 14.2 Å². The molecule has 0 saturated heterocycles. The Morgan fingerprint density at radius 1 is 1.13 bits per heavy atom. The molecule has 3 atom stereocenters. The predicted molar refractivity (Wildman–Crippen MR) is 109 cm³/mol. The van der Waals surface area contributed by atoms with Crippen LogP contribution in [-0.2, 0) is 9.53 Å². The summed E-state index contributed by atoms with van der Waals surface area (Å²) in [6, 6.07) is 5.34. The van der Waals surface area contributed by atoms with Crippen LogP contribution in [0.25, 0.3) is 0 Å². The lowest BCUT2D eigenvalue weighted by Gasteiger charge is -2.24. The second kappa shape index (κ2) is 10.1. The minimum atomic E-state index is -0.872. The highest BCUT2D eigenvalue weighted by molar-refractivity contribution is 5.98. The van der Waals surface area contributed by atoms with Crippen molar-refractivity contribution in [3.05, 3.63) is 52.7 Å². The van der Waals surface area contributed by atoms with Gasteiger partial charge in [-0.15, -0.1) is 0 Å². The summed E-state index contributed by atoms with van der Waals surface area (Å²) < 4.78 is 29.3. The summed E-state index contributed by atoms with van der Waals surface area (Å²) in [5.41, 5.74) is 0.165. The van der Waals surface area contributed by atoms with E-state index in [0.717, 1.165) is 6.20 Å². The van der Waals surface area contributed by atoms with Gasteiger partial charge in [-0.25, -0.2) is 4.39 Å². The molecule has 8 nitrogen and oxygen atoms in total. The highest BCUT2D eigenvalue weighted by Crippen LogP contribution is 2.32. The minimum Gasteiger partial charge on any atom is -0.618 e. The average molecular weight is 435 g/mol.